The van der Waals surface area contributed by atoms with Crippen LogP contribution < -0.4 is 9.80 Å². The van der Waals surface area contributed by atoms with E-state index in [-0.39, 0.29) is 0 Å². The van der Waals surface area contributed by atoms with Crippen molar-refractivity contribution in [2.45, 2.75) is 40.3 Å². The van der Waals surface area contributed by atoms with Gasteiger partial charge in [0.1, 0.15) is 0 Å². The molecule has 30 heavy (non-hydrogen) atoms. The van der Waals surface area contributed by atoms with E-state index in [2.05, 4.69) is 90.6 Å². The SMILES string of the molecule is Cc1cccc(N2CC[NH+]([C@@H](c3nnnn3Cc3ccccc3)C(C)C)CC2)c1C. The van der Waals surface area contributed by atoms with Crippen LogP contribution in [0, 0.1) is 19.8 Å². The van der Waals surface area contributed by atoms with Crippen molar-refractivity contribution in [2.75, 3.05) is 31.1 Å². The van der Waals surface area contributed by atoms with Gasteiger partial charge in [-0.2, -0.15) is 0 Å². The fourth-order valence-corrected chi connectivity index (χ4v) is 4.68. The van der Waals surface area contributed by atoms with Crippen molar-refractivity contribution in [1.82, 2.24) is 20.2 Å². The molecule has 0 saturated carbocycles. The van der Waals surface area contributed by atoms with Crippen molar-refractivity contribution >= 4 is 5.69 Å². The van der Waals surface area contributed by atoms with Gasteiger partial charge in [-0.05, 0) is 47.0 Å². The molecule has 2 heterocycles. The molecule has 0 aliphatic carbocycles. The second kappa shape index (κ2) is 8.96. The van der Waals surface area contributed by atoms with Crippen LogP contribution in [0.3, 0.4) is 0 Å². The standard InChI is InChI=1S/C24H32N6/c1-18(2)23(24-25-26-27-30(24)17-21-10-6-5-7-11-21)29-15-13-28(14-16-29)22-12-8-9-19(3)20(22)4/h5-12,18,23H,13-17H2,1-4H3/p+1/t23-/m1/s1. The molecule has 6 nitrogen and oxygen atoms in total. The molecule has 1 aliphatic rings. The third kappa shape index (κ3) is 4.24. The lowest BCUT2D eigenvalue weighted by Gasteiger charge is -2.39. The summed E-state index contributed by atoms with van der Waals surface area (Å²) in [5.41, 5.74) is 5.36. The van der Waals surface area contributed by atoms with Crippen LogP contribution in [-0.4, -0.2) is 46.4 Å². The molecular formula is C24H33N6+. The highest BCUT2D eigenvalue weighted by Gasteiger charge is 2.35. The van der Waals surface area contributed by atoms with E-state index < -0.39 is 0 Å². The summed E-state index contributed by atoms with van der Waals surface area (Å²) < 4.78 is 1.99. The zero-order chi connectivity index (χ0) is 21.1. The van der Waals surface area contributed by atoms with Crippen molar-refractivity contribution in [3.8, 4) is 0 Å². The number of tetrazole rings is 1. The third-order valence-corrected chi connectivity index (χ3v) is 6.44. The highest BCUT2D eigenvalue weighted by Crippen LogP contribution is 2.23. The number of nitrogens with zero attached hydrogens (tertiary/aromatic N) is 5. The van der Waals surface area contributed by atoms with Gasteiger partial charge in [0.15, 0.2) is 6.04 Å². The zero-order valence-electron chi connectivity index (χ0n) is 18.5. The fraction of sp³-hybridized carbons (Fsp3) is 0.458. The van der Waals surface area contributed by atoms with E-state index >= 15 is 0 Å². The molecule has 4 rings (SSSR count). The Bertz CT molecular complexity index is 957. The smallest absolute Gasteiger partial charge is 0.209 e. The van der Waals surface area contributed by atoms with Gasteiger partial charge >= 0.3 is 0 Å². The Labute approximate surface area is 179 Å². The van der Waals surface area contributed by atoms with Crippen LogP contribution in [-0.2, 0) is 6.54 Å². The Kier molecular flexibility index (Phi) is 6.13. The van der Waals surface area contributed by atoms with Gasteiger partial charge in [-0.3, -0.25) is 0 Å². The van der Waals surface area contributed by atoms with Gasteiger partial charge < -0.3 is 9.80 Å². The number of rotatable bonds is 6. The Morgan fingerprint density at radius 1 is 0.967 bits per heavy atom. The average molecular weight is 406 g/mol. The van der Waals surface area contributed by atoms with E-state index in [1.807, 2.05) is 10.7 Å². The molecule has 2 aromatic carbocycles. The Balaban J connectivity index is 1.50. The molecule has 1 saturated heterocycles. The van der Waals surface area contributed by atoms with Gasteiger partial charge in [-0.1, -0.05) is 56.3 Å². The van der Waals surface area contributed by atoms with E-state index in [0.29, 0.717) is 18.5 Å². The van der Waals surface area contributed by atoms with E-state index in [0.717, 1.165) is 32.0 Å². The molecule has 158 valence electrons. The maximum atomic E-state index is 4.48. The second-order valence-electron chi connectivity index (χ2n) is 8.77. The summed E-state index contributed by atoms with van der Waals surface area (Å²) in [5, 5.41) is 12.8. The van der Waals surface area contributed by atoms with Crippen LogP contribution in [0.2, 0.25) is 0 Å². The molecule has 0 amide bonds. The molecule has 1 aromatic heterocycles. The number of hydrogen-bond donors (Lipinski definition) is 1. The predicted octanol–water partition coefficient (Wildman–Crippen LogP) is 2.44. The largest absolute Gasteiger partial charge is 0.360 e. The fourth-order valence-electron chi connectivity index (χ4n) is 4.68. The summed E-state index contributed by atoms with van der Waals surface area (Å²) >= 11 is 0. The first kappa shape index (κ1) is 20.5. The lowest BCUT2D eigenvalue weighted by molar-refractivity contribution is -0.937. The lowest BCUT2D eigenvalue weighted by atomic mass is 10.00. The third-order valence-electron chi connectivity index (χ3n) is 6.44. The van der Waals surface area contributed by atoms with Crippen LogP contribution in [0.15, 0.2) is 48.5 Å². The first-order valence-electron chi connectivity index (χ1n) is 11.0. The number of nitrogens with one attached hydrogen (secondary N) is 1. The molecule has 6 heteroatoms. The summed E-state index contributed by atoms with van der Waals surface area (Å²) in [5.74, 6) is 1.47. The second-order valence-corrected chi connectivity index (χ2v) is 8.77. The minimum absolute atomic E-state index is 0.296. The van der Waals surface area contributed by atoms with Gasteiger partial charge in [0.05, 0.1) is 32.7 Å². The molecule has 1 N–H and O–H groups in total. The van der Waals surface area contributed by atoms with Crippen LogP contribution in [0.5, 0.6) is 0 Å². The molecule has 1 atom stereocenters. The van der Waals surface area contributed by atoms with Crippen molar-refractivity contribution in [1.29, 1.82) is 0 Å². The molecule has 0 radical (unpaired) electrons. The van der Waals surface area contributed by atoms with Gasteiger partial charge in [0.25, 0.3) is 0 Å². The highest BCUT2D eigenvalue weighted by molar-refractivity contribution is 5.56. The van der Waals surface area contributed by atoms with Crippen molar-refractivity contribution < 1.29 is 4.90 Å². The normalized spacial score (nSPS) is 16.2. The molecule has 0 spiro atoms. The molecule has 0 bridgehead atoms. The minimum atomic E-state index is 0.296. The number of quaternary nitrogens is 1. The quantitative estimate of drug-likeness (QED) is 0.684. The lowest BCUT2D eigenvalue weighted by Crippen LogP contribution is -3.15. The van der Waals surface area contributed by atoms with Gasteiger partial charge in [-0.15, -0.1) is 5.10 Å². The van der Waals surface area contributed by atoms with Gasteiger partial charge in [0.2, 0.25) is 5.82 Å². The number of piperazine rings is 1. The number of benzene rings is 2. The summed E-state index contributed by atoms with van der Waals surface area (Å²) in [6.45, 7) is 14.0. The Morgan fingerprint density at radius 3 is 2.40 bits per heavy atom. The molecule has 1 fully saturated rings. The van der Waals surface area contributed by atoms with Gasteiger partial charge in [-0.25, -0.2) is 4.68 Å². The van der Waals surface area contributed by atoms with Crippen LogP contribution in [0.25, 0.3) is 0 Å². The molecule has 3 aromatic rings. The minimum Gasteiger partial charge on any atom is -0.360 e. The van der Waals surface area contributed by atoms with Crippen molar-refractivity contribution in [2.24, 2.45) is 5.92 Å². The number of aromatic nitrogens is 4. The van der Waals surface area contributed by atoms with E-state index in [9.17, 15) is 0 Å². The zero-order valence-corrected chi connectivity index (χ0v) is 18.5. The average Bonchev–Trinajstić information content (AvgIpc) is 3.19. The van der Waals surface area contributed by atoms with E-state index in [1.165, 1.54) is 22.4 Å². The maximum Gasteiger partial charge on any atom is 0.209 e. The summed E-state index contributed by atoms with van der Waals surface area (Å²) in [4.78, 5) is 4.12. The Hall–Kier alpha value is -2.73. The van der Waals surface area contributed by atoms with E-state index in [4.69, 9.17) is 0 Å². The van der Waals surface area contributed by atoms with Crippen LogP contribution in [0.1, 0.15) is 42.4 Å². The van der Waals surface area contributed by atoms with Crippen LogP contribution >= 0.6 is 0 Å². The number of anilines is 1. The molecular weight excluding hydrogens is 372 g/mol. The van der Waals surface area contributed by atoms with Gasteiger partial charge in [0, 0.05) is 11.6 Å². The van der Waals surface area contributed by atoms with Crippen molar-refractivity contribution in [3.05, 3.63) is 71.0 Å². The predicted molar refractivity (Wildman–Crippen MR) is 120 cm³/mol. The van der Waals surface area contributed by atoms with Crippen molar-refractivity contribution in [3.63, 3.8) is 0 Å². The first-order valence-corrected chi connectivity index (χ1v) is 11.0. The number of aryl methyl sites for hydroxylation is 1. The highest BCUT2D eigenvalue weighted by atomic mass is 15.6. The molecule has 1 aliphatic heterocycles. The topological polar surface area (TPSA) is 51.3 Å². The van der Waals surface area contributed by atoms with Crippen LogP contribution in [0.4, 0.5) is 5.69 Å². The summed E-state index contributed by atoms with van der Waals surface area (Å²) in [6, 6.07) is 17.4. The maximum absolute atomic E-state index is 4.48. The summed E-state index contributed by atoms with van der Waals surface area (Å²) in [7, 11) is 0. The Morgan fingerprint density at radius 2 is 1.70 bits per heavy atom. The molecule has 0 unspecified atom stereocenters. The first-order chi connectivity index (χ1) is 14.5. The van der Waals surface area contributed by atoms with E-state index in [1.54, 1.807) is 4.90 Å². The number of hydrogen-bond acceptors (Lipinski definition) is 4. The monoisotopic (exact) mass is 405 g/mol. The summed E-state index contributed by atoms with van der Waals surface area (Å²) in [6.07, 6.45) is 0.